The number of allylic oxidation sites excluding steroid dienone is 2. The monoisotopic (exact) mass is 877 g/mol. The first-order chi connectivity index (χ1) is 28.8. The average molecular weight is 878 g/mol. The van der Waals surface area contributed by atoms with Crippen molar-refractivity contribution in [2.75, 3.05) is 37.0 Å². The van der Waals surface area contributed by atoms with Crippen LogP contribution in [0.3, 0.4) is 0 Å². The Balaban J connectivity index is 0.926. The molecule has 1 saturated carbocycles. The first-order valence-electron chi connectivity index (χ1n) is 20.9. The number of carbonyl (C=O) groups is 2. The third kappa shape index (κ3) is 10.3. The van der Waals surface area contributed by atoms with Gasteiger partial charge in [0.05, 0.1) is 11.6 Å². The van der Waals surface area contributed by atoms with Gasteiger partial charge in [-0.2, -0.15) is 22.7 Å². The highest BCUT2D eigenvalue weighted by molar-refractivity contribution is 7.90. The number of aromatic nitrogens is 2. The number of nitrogens with one attached hydrogen (secondary N) is 4. The van der Waals surface area contributed by atoms with Crippen molar-refractivity contribution in [3.63, 3.8) is 0 Å². The number of sulfonamides is 1. The molecule has 1 aromatic heterocycles. The van der Waals surface area contributed by atoms with Crippen molar-refractivity contribution in [2.24, 2.45) is 11.3 Å². The number of nitrogens with zero attached hydrogens (tertiary/aromatic N) is 4. The maximum absolute atomic E-state index is 15.6. The molecule has 0 bridgehead atoms. The summed E-state index contributed by atoms with van der Waals surface area (Å²) in [7, 11) is -2.42. The molecule has 2 amide bonds. The molecular weight excluding hydrogens is 824 g/mol. The number of methoxy groups -OCH3 is 1. The number of alkyl halides is 3. The van der Waals surface area contributed by atoms with E-state index >= 15 is 8.78 Å². The maximum atomic E-state index is 15.6. The smallest absolute Gasteiger partial charge is 0.373 e. The van der Waals surface area contributed by atoms with Crippen LogP contribution in [0.1, 0.15) is 95.6 Å². The molecule has 3 unspecified atom stereocenters. The van der Waals surface area contributed by atoms with Crippen LogP contribution in [0.4, 0.5) is 39.4 Å². The van der Waals surface area contributed by atoms with Crippen LogP contribution in [0.5, 0.6) is 0 Å². The van der Waals surface area contributed by atoms with Gasteiger partial charge in [0.15, 0.2) is 6.54 Å². The number of hydrogen-bond donors (Lipinski definition) is 4. The fraction of sp³-hybridized carbons (Fsp3) is 0.595. The molecule has 3 fully saturated rings. The van der Waals surface area contributed by atoms with Gasteiger partial charge in [0.25, 0.3) is 0 Å². The summed E-state index contributed by atoms with van der Waals surface area (Å²) in [4.78, 5) is 33.5. The first-order valence-corrected chi connectivity index (χ1v) is 22.4. The zero-order valence-electron chi connectivity index (χ0n) is 34.7. The summed E-state index contributed by atoms with van der Waals surface area (Å²) >= 11 is 0. The SMILES string of the molecule is CO[C@@H]1C[N+](c2ccc(C3CCC(=O)NC3=O)c(F)c2)=CC[C@@H]1NC1CCC(NS(=O)(=O)C2C=C(F)C(Nc3ncc(C(F)(F)F)c(N4CCCC(C)(C)C4)n3)=CC2C)CC1. The second kappa shape index (κ2) is 17.8. The second-order valence-corrected chi connectivity index (χ2v) is 19.6. The Bertz CT molecular complexity index is 2210. The van der Waals surface area contributed by atoms with Crippen LogP contribution in [0.15, 0.2) is 48.1 Å². The molecule has 4 heterocycles. The summed E-state index contributed by atoms with van der Waals surface area (Å²) in [5, 5.41) is 7.42. The standard InChI is InChI=1S/C42H53F5N8O5S/c1-24-18-34(50-40-48-21-30(42(45,46)47)38(52-40)55-16-5-15-41(2,3)23-55)32(44)20-36(24)61(58,59)53-26-8-6-25(7-9-26)49-33-14-17-54(22-35(33)60-4)27-10-11-28(31(43)19-27)29-12-13-37(56)51-39(29)57/h10-11,17-21,24-26,29,33,35-36,49,53H,5-9,12-16,22-23H2,1-4H3,(H-,48,50,51,52,56,57)/p+1/t24?,25?,26?,29?,33-,35+,36?/m0/s1. The number of rotatable bonds is 11. The highest BCUT2D eigenvalue weighted by Crippen LogP contribution is 2.40. The summed E-state index contributed by atoms with van der Waals surface area (Å²) in [5.74, 6) is -4.18. The Labute approximate surface area is 352 Å². The number of amides is 2. The van der Waals surface area contributed by atoms with E-state index < -0.39 is 56.4 Å². The van der Waals surface area contributed by atoms with Crippen LogP contribution >= 0.6 is 0 Å². The third-order valence-corrected chi connectivity index (χ3v) is 14.5. The Morgan fingerprint density at radius 3 is 2.46 bits per heavy atom. The Hall–Kier alpha value is -4.33. The van der Waals surface area contributed by atoms with Crippen LogP contribution in [-0.2, 0) is 30.5 Å². The van der Waals surface area contributed by atoms with Crippen molar-refractivity contribution in [3.8, 4) is 0 Å². The number of ether oxygens (including phenoxy) is 1. The van der Waals surface area contributed by atoms with Gasteiger partial charge in [-0.1, -0.05) is 26.8 Å². The minimum absolute atomic E-state index is 0.0469. The molecule has 19 heteroatoms. The van der Waals surface area contributed by atoms with Gasteiger partial charge in [-0.05, 0) is 68.4 Å². The number of hydrogen-bond acceptors (Lipinski definition) is 10. The molecule has 1 aromatic carbocycles. The summed E-state index contributed by atoms with van der Waals surface area (Å²) in [6.45, 7) is 6.78. The number of benzene rings is 1. The third-order valence-electron chi connectivity index (χ3n) is 12.5. The van der Waals surface area contributed by atoms with Gasteiger partial charge >= 0.3 is 6.18 Å². The Morgan fingerprint density at radius 2 is 1.79 bits per heavy atom. The highest BCUT2D eigenvalue weighted by Gasteiger charge is 2.41. The molecule has 7 rings (SSSR count). The molecule has 2 aromatic rings. The lowest BCUT2D eigenvalue weighted by molar-refractivity contribution is -0.457. The summed E-state index contributed by atoms with van der Waals surface area (Å²) in [6, 6.07) is 4.43. The van der Waals surface area contributed by atoms with Gasteiger partial charge in [0.2, 0.25) is 33.5 Å². The number of piperidine rings is 2. The zero-order valence-corrected chi connectivity index (χ0v) is 35.5. The number of halogens is 5. The first kappa shape index (κ1) is 44.7. The van der Waals surface area contributed by atoms with E-state index in [0.29, 0.717) is 70.0 Å². The molecule has 2 aliphatic carbocycles. The molecule has 2 saturated heterocycles. The van der Waals surface area contributed by atoms with Gasteiger partial charge in [0.1, 0.15) is 40.6 Å². The van der Waals surface area contributed by atoms with E-state index in [9.17, 15) is 31.2 Å². The lowest BCUT2D eigenvalue weighted by Crippen LogP contribution is -2.53. The predicted molar refractivity (Wildman–Crippen MR) is 219 cm³/mol. The predicted octanol–water partition coefficient (Wildman–Crippen LogP) is 5.97. The fourth-order valence-electron chi connectivity index (χ4n) is 9.27. The molecule has 61 heavy (non-hydrogen) atoms. The fourth-order valence-corrected chi connectivity index (χ4v) is 11.1. The normalized spacial score (nSPS) is 28.7. The van der Waals surface area contributed by atoms with Crippen LogP contribution in [0, 0.1) is 17.2 Å². The van der Waals surface area contributed by atoms with E-state index in [0.717, 1.165) is 12.5 Å². The molecule has 0 radical (unpaired) electrons. The van der Waals surface area contributed by atoms with E-state index in [1.807, 2.05) is 24.6 Å². The van der Waals surface area contributed by atoms with Crippen molar-refractivity contribution < 1.29 is 49.3 Å². The Morgan fingerprint density at radius 1 is 1.05 bits per heavy atom. The molecule has 3 aliphatic heterocycles. The molecule has 5 atom stereocenters. The summed E-state index contributed by atoms with van der Waals surface area (Å²) in [5.41, 5.74) is -0.459. The summed E-state index contributed by atoms with van der Waals surface area (Å²) in [6.07, 6.45) is 5.14. The molecule has 5 aliphatic rings. The minimum atomic E-state index is -4.70. The van der Waals surface area contributed by atoms with Crippen LogP contribution in [0.25, 0.3) is 0 Å². The van der Waals surface area contributed by atoms with Crippen molar-refractivity contribution in [1.29, 1.82) is 0 Å². The molecular formula is C42H54F5N8O5S+. The van der Waals surface area contributed by atoms with E-state index in [4.69, 9.17) is 4.74 Å². The average Bonchev–Trinajstić information content (AvgIpc) is 3.19. The van der Waals surface area contributed by atoms with Gasteiger partial charge < -0.3 is 20.3 Å². The van der Waals surface area contributed by atoms with Gasteiger partial charge in [-0.3, -0.25) is 14.9 Å². The quantitative estimate of drug-likeness (QED) is 0.121. The lowest BCUT2D eigenvalue weighted by atomic mass is 9.84. The van der Waals surface area contributed by atoms with Gasteiger partial charge in [0, 0.05) is 75.1 Å². The number of carbonyl (C=O) groups excluding carboxylic acids is 2. The van der Waals surface area contributed by atoms with E-state index in [-0.39, 0.29) is 71.4 Å². The molecule has 4 N–H and O–H groups in total. The van der Waals surface area contributed by atoms with Gasteiger partial charge in [-0.15, -0.1) is 0 Å². The van der Waals surface area contributed by atoms with Crippen molar-refractivity contribution >= 4 is 45.5 Å². The number of anilines is 2. The van der Waals surface area contributed by atoms with E-state index in [1.165, 1.54) is 12.1 Å². The highest BCUT2D eigenvalue weighted by atomic mass is 32.2. The minimum Gasteiger partial charge on any atom is -0.373 e. The maximum Gasteiger partial charge on any atom is 0.421 e. The summed E-state index contributed by atoms with van der Waals surface area (Å²) < 4.78 is 111. The lowest BCUT2D eigenvalue weighted by Gasteiger charge is -2.39. The van der Waals surface area contributed by atoms with Gasteiger partial charge in [-0.25, -0.2) is 26.9 Å². The Kier molecular flexibility index (Phi) is 13.1. The van der Waals surface area contributed by atoms with E-state index in [2.05, 4.69) is 30.6 Å². The topological polar surface area (TPSA) is 158 Å². The molecule has 332 valence electrons. The van der Waals surface area contributed by atoms with Crippen molar-refractivity contribution in [1.82, 2.24) is 25.3 Å². The zero-order chi connectivity index (χ0) is 43.9. The van der Waals surface area contributed by atoms with Crippen molar-refractivity contribution in [3.05, 3.63) is 65.0 Å². The largest absolute Gasteiger partial charge is 0.421 e. The number of imide groups is 1. The molecule has 13 nitrogen and oxygen atoms in total. The van der Waals surface area contributed by atoms with Crippen LogP contribution in [-0.4, -0.2) is 97.2 Å². The van der Waals surface area contributed by atoms with Crippen LogP contribution < -0.4 is 25.6 Å². The van der Waals surface area contributed by atoms with E-state index in [1.54, 1.807) is 31.1 Å². The van der Waals surface area contributed by atoms with Crippen molar-refractivity contribution in [2.45, 2.75) is 120 Å². The molecule has 0 spiro atoms. The van der Waals surface area contributed by atoms with Crippen LogP contribution in [0.2, 0.25) is 0 Å². The second-order valence-electron chi connectivity index (χ2n) is 17.7.